The van der Waals surface area contributed by atoms with Gasteiger partial charge >= 0.3 is 0 Å². The van der Waals surface area contributed by atoms with Crippen LogP contribution in [0.2, 0.25) is 0 Å². The van der Waals surface area contributed by atoms with Crippen LogP contribution < -0.4 is 0 Å². The highest BCUT2D eigenvalue weighted by molar-refractivity contribution is 6.10. The summed E-state index contributed by atoms with van der Waals surface area (Å²) in [5, 5.41) is 0. The Balaban J connectivity index is 1.90. The second-order valence-corrected chi connectivity index (χ2v) is 7.07. The third-order valence-corrected chi connectivity index (χ3v) is 5.27. The van der Waals surface area contributed by atoms with Gasteiger partial charge in [-0.1, -0.05) is 67.6 Å². The molecule has 0 fully saturated rings. The van der Waals surface area contributed by atoms with E-state index in [-0.39, 0.29) is 5.78 Å². The number of carbonyl (C=O) groups is 1. The molecule has 132 valence electrons. The van der Waals surface area contributed by atoms with E-state index in [0.717, 1.165) is 28.7 Å². The van der Waals surface area contributed by atoms with Crippen LogP contribution in [0.3, 0.4) is 0 Å². The van der Waals surface area contributed by atoms with Crippen molar-refractivity contribution in [2.24, 2.45) is 0 Å². The fraction of sp³-hybridized carbons (Fsp3) is 0.240. The number of rotatable bonds is 5. The van der Waals surface area contributed by atoms with Crippen molar-refractivity contribution in [3.05, 3.63) is 106 Å². The first-order valence-corrected chi connectivity index (χ1v) is 9.28. The normalized spacial score (nSPS) is 12.0. The molecule has 0 aliphatic rings. The monoisotopic (exact) mass is 342 g/mol. The van der Waals surface area contributed by atoms with Gasteiger partial charge in [0.15, 0.2) is 5.78 Å². The number of carbonyl (C=O) groups excluding carboxylic acids is 1. The van der Waals surface area contributed by atoms with E-state index in [9.17, 15) is 4.79 Å². The van der Waals surface area contributed by atoms with Crippen LogP contribution in [0.5, 0.6) is 0 Å². The lowest BCUT2D eigenvalue weighted by molar-refractivity contribution is 0.103. The largest absolute Gasteiger partial charge is 0.289 e. The molecule has 0 bridgehead atoms. The molecule has 1 atom stereocenters. The van der Waals surface area contributed by atoms with Gasteiger partial charge in [0.2, 0.25) is 0 Å². The molecule has 0 aromatic heterocycles. The van der Waals surface area contributed by atoms with Crippen LogP contribution in [0.25, 0.3) is 0 Å². The third-order valence-electron chi connectivity index (χ3n) is 5.27. The van der Waals surface area contributed by atoms with Gasteiger partial charge in [0.05, 0.1) is 0 Å². The van der Waals surface area contributed by atoms with Gasteiger partial charge < -0.3 is 0 Å². The molecule has 3 aromatic rings. The van der Waals surface area contributed by atoms with Crippen molar-refractivity contribution in [1.29, 1.82) is 0 Å². The molecular weight excluding hydrogens is 316 g/mol. The second kappa shape index (κ2) is 7.70. The van der Waals surface area contributed by atoms with E-state index in [4.69, 9.17) is 0 Å². The summed E-state index contributed by atoms with van der Waals surface area (Å²) in [6, 6.07) is 22.8. The molecule has 3 rings (SSSR count). The van der Waals surface area contributed by atoms with E-state index >= 15 is 0 Å². The summed E-state index contributed by atoms with van der Waals surface area (Å²) in [4.78, 5) is 13.0. The standard InChI is InChI=1S/C25H26O/c1-5-23(20-9-7-6-8-10-20)21-11-13-22(14-12-21)25(26)24-16-18(3)17(2)15-19(24)4/h6-16,23H,5H2,1-4H3. The van der Waals surface area contributed by atoms with E-state index in [2.05, 4.69) is 63.2 Å². The number of ketones is 1. The molecule has 1 heteroatoms. The van der Waals surface area contributed by atoms with E-state index in [1.165, 1.54) is 16.7 Å². The average Bonchev–Trinajstić information content (AvgIpc) is 2.66. The van der Waals surface area contributed by atoms with Crippen LogP contribution in [0.4, 0.5) is 0 Å². The molecule has 0 aliphatic heterocycles. The highest BCUT2D eigenvalue weighted by Crippen LogP contribution is 2.28. The smallest absolute Gasteiger partial charge is 0.193 e. The summed E-state index contributed by atoms with van der Waals surface area (Å²) >= 11 is 0. The molecule has 0 aliphatic carbocycles. The zero-order valence-corrected chi connectivity index (χ0v) is 16.0. The molecule has 0 saturated carbocycles. The van der Waals surface area contributed by atoms with E-state index in [0.29, 0.717) is 5.92 Å². The van der Waals surface area contributed by atoms with Crippen molar-refractivity contribution in [3.63, 3.8) is 0 Å². The fourth-order valence-electron chi connectivity index (χ4n) is 3.58. The summed E-state index contributed by atoms with van der Waals surface area (Å²) in [5.41, 5.74) is 7.55. The molecular formula is C25H26O. The van der Waals surface area contributed by atoms with Crippen molar-refractivity contribution in [2.75, 3.05) is 0 Å². The maximum Gasteiger partial charge on any atom is 0.193 e. The van der Waals surface area contributed by atoms with Gasteiger partial charge in [-0.25, -0.2) is 0 Å². The molecule has 0 radical (unpaired) electrons. The van der Waals surface area contributed by atoms with Crippen LogP contribution in [0.15, 0.2) is 66.7 Å². The molecule has 0 amide bonds. The Morgan fingerprint density at radius 1 is 0.769 bits per heavy atom. The Labute approximate surface area is 156 Å². The third kappa shape index (κ3) is 3.62. The molecule has 1 nitrogen and oxygen atoms in total. The van der Waals surface area contributed by atoms with E-state index < -0.39 is 0 Å². The Morgan fingerprint density at radius 3 is 1.96 bits per heavy atom. The Hall–Kier alpha value is -2.67. The van der Waals surface area contributed by atoms with Crippen molar-refractivity contribution in [2.45, 2.75) is 40.0 Å². The quantitative estimate of drug-likeness (QED) is 0.491. The molecule has 1 unspecified atom stereocenters. The number of aryl methyl sites for hydroxylation is 3. The van der Waals surface area contributed by atoms with Gasteiger partial charge in [-0.15, -0.1) is 0 Å². The topological polar surface area (TPSA) is 17.1 Å². The Kier molecular flexibility index (Phi) is 5.37. The van der Waals surface area contributed by atoms with Gasteiger partial charge in [-0.2, -0.15) is 0 Å². The lowest BCUT2D eigenvalue weighted by atomic mass is 9.88. The molecule has 0 spiro atoms. The van der Waals surface area contributed by atoms with Crippen molar-refractivity contribution >= 4 is 5.78 Å². The van der Waals surface area contributed by atoms with Crippen LogP contribution >= 0.6 is 0 Å². The minimum atomic E-state index is 0.102. The number of hydrogen-bond acceptors (Lipinski definition) is 1. The fourth-order valence-corrected chi connectivity index (χ4v) is 3.58. The zero-order valence-electron chi connectivity index (χ0n) is 16.0. The minimum absolute atomic E-state index is 0.102. The highest BCUT2D eigenvalue weighted by Gasteiger charge is 2.15. The summed E-state index contributed by atoms with van der Waals surface area (Å²) in [7, 11) is 0. The maximum absolute atomic E-state index is 13.0. The van der Waals surface area contributed by atoms with Gasteiger partial charge in [-0.3, -0.25) is 4.79 Å². The molecule has 26 heavy (non-hydrogen) atoms. The molecule has 3 aromatic carbocycles. The summed E-state index contributed by atoms with van der Waals surface area (Å²) < 4.78 is 0. The van der Waals surface area contributed by atoms with Crippen molar-refractivity contribution < 1.29 is 4.79 Å². The summed E-state index contributed by atoms with van der Waals surface area (Å²) in [5.74, 6) is 0.466. The maximum atomic E-state index is 13.0. The van der Waals surface area contributed by atoms with Crippen molar-refractivity contribution in [3.8, 4) is 0 Å². The zero-order chi connectivity index (χ0) is 18.7. The SMILES string of the molecule is CCC(c1ccccc1)c1ccc(C(=O)c2cc(C)c(C)cc2C)cc1. The average molecular weight is 342 g/mol. The number of hydrogen-bond donors (Lipinski definition) is 0. The van der Waals surface area contributed by atoms with E-state index in [1.807, 2.05) is 31.2 Å². The first-order valence-electron chi connectivity index (χ1n) is 9.28. The summed E-state index contributed by atoms with van der Waals surface area (Å²) in [6.45, 7) is 8.35. The van der Waals surface area contributed by atoms with Crippen LogP contribution in [0.1, 0.15) is 63.0 Å². The lowest BCUT2D eigenvalue weighted by Crippen LogP contribution is -2.06. The van der Waals surface area contributed by atoms with Crippen LogP contribution in [-0.4, -0.2) is 5.78 Å². The molecule has 0 saturated heterocycles. The summed E-state index contributed by atoms with van der Waals surface area (Å²) in [6.07, 6.45) is 1.04. The van der Waals surface area contributed by atoms with Gasteiger partial charge in [0.1, 0.15) is 0 Å². The predicted molar refractivity (Wildman–Crippen MR) is 109 cm³/mol. The first-order chi connectivity index (χ1) is 12.5. The predicted octanol–water partition coefficient (Wildman–Crippen LogP) is 6.38. The Morgan fingerprint density at radius 2 is 1.35 bits per heavy atom. The molecule has 0 N–H and O–H groups in total. The van der Waals surface area contributed by atoms with Crippen LogP contribution in [-0.2, 0) is 0 Å². The van der Waals surface area contributed by atoms with Gasteiger partial charge in [0, 0.05) is 17.0 Å². The first kappa shape index (κ1) is 18.1. The lowest BCUT2D eigenvalue weighted by Gasteiger charge is -2.16. The molecule has 0 heterocycles. The number of benzene rings is 3. The second-order valence-electron chi connectivity index (χ2n) is 7.07. The Bertz CT molecular complexity index is 905. The van der Waals surface area contributed by atoms with Crippen LogP contribution in [0, 0.1) is 20.8 Å². The minimum Gasteiger partial charge on any atom is -0.289 e. The van der Waals surface area contributed by atoms with Gasteiger partial charge in [-0.05, 0) is 61.1 Å². The van der Waals surface area contributed by atoms with Crippen molar-refractivity contribution in [1.82, 2.24) is 0 Å². The van der Waals surface area contributed by atoms with E-state index in [1.54, 1.807) is 0 Å². The highest BCUT2D eigenvalue weighted by atomic mass is 16.1. The van der Waals surface area contributed by atoms with Gasteiger partial charge in [0.25, 0.3) is 0 Å².